The fraction of sp³-hybridized carbons (Fsp3) is 0.571. The summed E-state index contributed by atoms with van der Waals surface area (Å²) in [5.41, 5.74) is 0.594. The minimum absolute atomic E-state index is 0.0742. The van der Waals surface area contributed by atoms with Gasteiger partial charge in [0.2, 0.25) is 0 Å². The molecule has 0 saturated carbocycles. The van der Waals surface area contributed by atoms with Crippen LogP contribution in [0.15, 0.2) is 18.3 Å². The van der Waals surface area contributed by atoms with Crippen molar-refractivity contribution in [1.29, 1.82) is 0 Å². The third-order valence-corrected chi connectivity index (χ3v) is 3.63. The highest BCUT2D eigenvalue weighted by atomic mass is 16.5. The van der Waals surface area contributed by atoms with Crippen molar-refractivity contribution in [3.05, 3.63) is 23.9 Å². The minimum Gasteiger partial charge on any atom is -0.377 e. The first-order chi connectivity index (χ1) is 8.54. The Balaban J connectivity index is 2.21. The van der Waals surface area contributed by atoms with E-state index in [0.717, 1.165) is 31.7 Å². The second kappa shape index (κ2) is 5.06. The van der Waals surface area contributed by atoms with Gasteiger partial charge in [0.25, 0.3) is 0 Å². The zero-order valence-corrected chi connectivity index (χ0v) is 11.3. The van der Waals surface area contributed by atoms with Crippen molar-refractivity contribution in [3.8, 4) is 0 Å². The fourth-order valence-electron chi connectivity index (χ4n) is 2.38. The summed E-state index contributed by atoms with van der Waals surface area (Å²) in [4.78, 5) is 18.0. The molecule has 0 spiro atoms. The normalized spacial score (nSPS) is 24.1. The lowest BCUT2D eigenvalue weighted by molar-refractivity contribution is -0.00481. The van der Waals surface area contributed by atoms with Gasteiger partial charge in [-0.2, -0.15) is 0 Å². The SMILES string of the molecule is COC1(C)CCCN(c2cc(C(C)=O)ccn2)C1. The first-order valence-corrected chi connectivity index (χ1v) is 6.31. The number of Topliss-reactive ketones (excluding diaryl/α,β-unsaturated/α-hetero) is 1. The van der Waals surface area contributed by atoms with Crippen molar-refractivity contribution >= 4 is 11.6 Å². The summed E-state index contributed by atoms with van der Waals surface area (Å²) in [5, 5.41) is 0. The van der Waals surface area contributed by atoms with Gasteiger partial charge in [-0.25, -0.2) is 4.98 Å². The van der Waals surface area contributed by atoms with E-state index < -0.39 is 0 Å². The highest BCUT2D eigenvalue weighted by Gasteiger charge is 2.31. The Kier molecular flexibility index (Phi) is 3.66. The Morgan fingerprint density at radius 1 is 1.56 bits per heavy atom. The number of anilines is 1. The number of aromatic nitrogens is 1. The summed E-state index contributed by atoms with van der Waals surface area (Å²) >= 11 is 0. The molecule has 0 amide bonds. The second-order valence-electron chi connectivity index (χ2n) is 5.14. The van der Waals surface area contributed by atoms with Gasteiger partial charge in [-0.15, -0.1) is 0 Å². The lowest BCUT2D eigenvalue weighted by atomic mass is 9.94. The van der Waals surface area contributed by atoms with Crippen LogP contribution in [0, 0.1) is 0 Å². The van der Waals surface area contributed by atoms with Gasteiger partial charge in [0.05, 0.1) is 5.60 Å². The molecule has 1 aliphatic rings. The van der Waals surface area contributed by atoms with Crippen molar-refractivity contribution in [1.82, 2.24) is 4.98 Å². The van der Waals surface area contributed by atoms with Crippen LogP contribution in [0.3, 0.4) is 0 Å². The van der Waals surface area contributed by atoms with Crippen LogP contribution in [-0.2, 0) is 4.74 Å². The summed E-state index contributed by atoms with van der Waals surface area (Å²) in [7, 11) is 1.75. The van der Waals surface area contributed by atoms with Crippen LogP contribution in [-0.4, -0.2) is 36.6 Å². The number of ether oxygens (including phenoxy) is 1. The maximum Gasteiger partial charge on any atom is 0.159 e. The summed E-state index contributed by atoms with van der Waals surface area (Å²) in [6, 6.07) is 3.62. The van der Waals surface area contributed by atoms with Crippen LogP contribution >= 0.6 is 0 Å². The Hall–Kier alpha value is -1.42. The molecule has 4 heteroatoms. The molecule has 2 rings (SSSR count). The van der Waals surface area contributed by atoms with Crippen LogP contribution in [0.25, 0.3) is 0 Å². The zero-order chi connectivity index (χ0) is 13.2. The summed E-state index contributed by atoms with van der Waals surface area (Å²) < 4.78 is 5.57. The van der Waals surface area contributed by atoms with E-state index in [1.165, 1.54) is 0 Å². The van der Waals surface area contributed by atoms with Crippen molar-refractivity contribution in [2.24, 2.45) is 0 Å². The second-order valence-corrected chi connectivity index (χ2v) is 5.14. The Labute approximate surface area is 108 Å². The van der Waals surface area contributed by atoms with Gasteiger partial charge >= 0.3 is 0 Å². The largest absolute Gasteiger partial charge is 0.377 e. The highest BCUT2D eigenvalue weighted by Crippen LogP contribution is 2.27. The van der Waals surface area contributed by atoms with Crippen molar-refractivity contribution in [2.45, 2.75) is 32.3 Å². The molecule has 0 aliphatic carbocycles. The van der Waals surface area contributed by atoms with Gasteiger partial charge in [-0.05, 0) is 38.8 Å². The average Bonchev–Trinajstić information content (AvgIpc) is 2.39. The average molecular weight is 248 g/mol. The molecule has 0 N–H and O–H groups in total. The fourth-order valence-corrected chi connectivity index (χ4v) is 2.38. The first-order valence-electron chi connectivity index (χ1n) is 6.31. The van der Waals surface area contributed by atoms with E-state index in [4.69, 9.17) is 4.74 Å². The number of hydrogen-bond acceptors (Lipinski definition) is 4. The van der Waals surface area contributed by atoms with Gasteiger partial charge < -0.3 is 9.64 Å². The van der Waals surface area contributed by atoms with E-state index in [0.29, 0.717) is 5.56 Å². The molecule has 0 bridgehead atoms. The molecule has 18 heavy (non-hydrogen) atoms. The maximum absolute atomic E-state index is 11.4. The van der Waals surface area contributed by atoms with Crippen LogP contribution in [0.5, 0.6) is 0 Å². The first kappa shape index (κ1) is 13.0. The molecular weight excluding hydrogens is 228 g/mol. The van der Waals surface area contributed by atoms with Crippen LogP contribution in [0.1, 0.15) is 37.0 Å². The molecular formula is C14H20N2O2. The van der Waals surface area contributed by atoms with Crippen LogP contribution < -0.4 is 4.90 Å². The van der Waals surface area contributed by atoms with E-state index in [9.17, 15) is 4.79 Å². The number of methoxy groups -OCH3 is 1. The number of hydrogen-bond donors (Lipinski definition) is 0. The highest BCUT2D eigenvalue weighted by molar-refractivity contribution is 5.94. The minimum atomic E-state index is -0.119. The maximum atomic E-state index is 11.4. The van der Waals surface area contributed by atoms with Gasteiger partial charge in [0, 0.05) is 32.0 Å². The molecule has 1 atom stereocenters. The molecule has 1 aromatic heterocycles. The third kappa shape index (κ3) is 2.70. The molecule has 0 aromatic carbocycles. The van der Waals surface area contributed by atoms with Gasteiger partial charge in [-0.1, -0.05) is 0 Å². The molecule has 0 radical (unpaired) electrons. The van der Waals surface area contributed by atoms with Crippen molar-refractivity contribution < 1.29 is 9.53 Å². The number of carbonyl (C=O) groups excluding carboxylic acids is 1. The summed E-state index contributed by atoms with van der Waals surface area (Å²) in [6.45, 7) is 5.48. The number of ketones is 1. The zero-order valence-electron chi connectivity index (χ0n) is 11.3. The molecule has 1 aromatic rings. The lowest BCUT2D eigenvalue weighted by Gasteiger charge is -2.40. The van der Waals surface area contributed by atoms with Gasteiger partial charge in [0.15, 0.2) is 5.78 Å². The van der Waals surface area contributed by atoms with E-state index in [1.54, 1.807) is 26.3 Å². The molecule has 98 valence electrons. The standard InChI is InChI=1S/C14H20N2O2/c1-11(17)12-5-7-15-13(9-12)16-8-4-6-14(2,10-16)18-3/h5,7,9H,4,6,8,10H2,1-3H3. The Morgan fingerprint density at radius 2 is 2.33 bits per heavy atom. The quantitative estimate of drug-likeness (QED) is 0.770. The molecule has 2 heterocycles. The van der Waals surface area contributed by atoms with E-state index in [2.05, 4.69) is 16.8 Å². The lowest BCUT2D eigenvalue weighted by Crippen LogP contribution is -2.47. The topological polar surface area (TPSA) is 42.4 Å². The molecule has 1 fully saturated rings. The molecule has 1 aliphatic heterocycles. The number of piperidine rings is 1. The molecule has 1 saturated heterocycles. The van der Waals surface area contributed by atoms with Crippen LogP contribution in [0.4, 0.5) is 5.82 Å². The van der Waals surface area contributed by atoms with Crippen molar-refractivity contribution in [2.75, 3.05) is 25.1 Å². The number of rotatable bonds is 3. The summed E-state index contributed by atoms with van der Waals surface area (Å²) in [6.07, 6.45) is 3.84. The Bertz CT molecular complexity index is 447. The van der Waals surface area contributed by atoms with Gasteiger partial charge in [-0.3, -0.25) is 4.79 Å². The Morgan fingerprint density at radius 3 is 3.00 bits per heavy atom. The van der Waals surface area contributed by atoms with E-state index in [-0.39, 0.29) is 11.4 Å². The number of nitrogens with zero attached hydrogens (tertiary/aromatic N) is 2. The monoisotopic (exact) mass is 248 g/mol. The number of pyridine rings is 1. The predicted molar refractivity (Wildman–Crippen MR) is 71.1 cm³/mol. The van der Waals surface area contributed by atoms with Gasteiger partial charge in [0.1, 0.15) is 5.82 Å². The smallest absolute Gasteiger partial charge is 0.159 e. The summed E-state index contributed by atoms with van der Waals surface area (Å²) in [5.74, 6) is 0.941. The van der Waals surface area contributed by atoms with Crippen molar-refractivity contribution in [3.63, 3.8) is 0 Å². The molecule has 1 unspecified atom stereocenters. The number of carbonyl (C=O) groups is 1. The van der Waals surface area contributed by atoms with E-state index in [1.807, 2.05) is 6.07 Å². The van der Waals surface area contributed by atoms with Crippen LogP contribution in [0.2, 0.25) is 0 Å². The molecule has 4 nitrogen and oxygen atoms in total. The predicted octanol–water partition coefficient (Wildman–Crippen LogP) is 2.29. The third-order valence-electron chi connectivity index (χ3n) is 3.63. The van der Waals surface area contributed by atoms with E-state index >= 15 is 0 Å².